The smallest absolute Gasteiger partial charge is 0.224 e. The Hall–Kier alpha value is -2.24. The Labute approximate surface area is 103 Å². The third-order valence-electron chi connectivity index (χ3n) is 2.18. The molecule has 18 heavy (non-hydrogen) atoms. The van der Waals surface area contributed by atoms with Gasteiger partial charge in [-0.15, -0.1) is 0 Å². The van der Waals surface area contributed by atoms with Crippen LogP contribution in [-0.4, -0.2) is 16.5 Å². The van der Waals surface area contributed by atoms with E-state index < -0.39 is 11.6 Å². The van der Waals surface area contributed by atoms with Gasteiger partial charge >= 0.3 is 0 Å². The lowest BCUT2D eigenvalue weighted by molar-refractivity contribution is 0.603. The number of halogens is 2. The molecular weight excluding hydrogens is 238 g/mol. The molecule has 0 saturated carbocycles. The van der Waals surface area contributed by atoms with Crippen molar-refractivity contribution < 1.29 is 8.78 Å². The van der Waals surface area contributed by atoms with E-state index in [9.17, 15) is 8.78 Å². The zero-order valence-electron chi connectivity index (χ0n) is 9.74. The first-order valence-electron chi connectivity index (χ1n) is 5.48. The molecule has 0 aliphatic heterocycles. The number of rotatable bonds is 4. The highest BCUT2D eigenvalue weighted by molar-refractivity contribution is 5.57. The van der Waals surface area contributed by atoms with Gasteiger partial charge < -0.3 is 10.6 Å². The SMILES string of the molecule is CCNc1nccc(Nc2cc(F)ccc2F)n1. The summed E-state index contributed by atoms with van der Waals surface area (Å²) >= 11 is 0. The molecule has 2 N–H and O–H groups in total. The van der Waals surface area contributed by atoms with E-state index in [1.54, 1.807) is 6.07 Å². The Kier molecular flexibility index (Phi) is 3.66. The van der Waals surface area contributed by atoms with E-state index in [2.05, 4.69) is 20.6 Å². The number of nitrogens with one attached hydrogen (secondary N) is 2. The predicted octanol–water partition coefficient (Wildman–Crippen LogP) is 2.93. The molecule has 2 rings (SSSR count). The minimum absolute atomic E-state index is 0.0381. The van der Waals surface area contributed by atoms with Gasteiger partial charge in [0, 0.05) is 18.8 Å². The molecule has 0 unspecified atom stereocenters. The molecule has 2 aromatic rings. The molecule has 0 fully saturated rings. The third-order valence-corrected chi connectivity index (χ3v) is 2.18. The van der Waals surface area contributed by atoms with Crippen LogP contribution in [0.3, 0.4) is 0 Å². The van der Waals surface area contributed by atoms with Gasteiger partial charge in [0.05, 0.1) is 5.69 Å². The van der Waals surface area contributed by atoms with Crippen LogP contribution in [0.15, 0.2) is 30.5 Å². The number of hydrogen-bond donors (Lipinski definition) is 2. The summed E-state index contributed by atoms with van der Waals surface area (Å²) in [5.41, 5.74) is 0.0381. The maximum atomic E-state index is 13.4. The lowest BCUT2D eigenvalue weighted by Crippen LogP contribution is -2.04. The second-order valence-electron chi connectivity index (χ2n) is 3.54. The first-order valence-corrected chi connectivity index (χ1v) is 5.48. The van der Waals surface area contributed by atoms with Crippen molar-refractivity contribution in [2.75, 3.05) is 17.2 Å². The van der Waals surface area contributed by atoms with E-state index in [1.165, 1.54) is 6.20 Å². The van der Waals surface area contributed by atoms with Crippen LogP contribution in [0.2, 0.25) is 0 Å². The van der Waals surface area contributed by atoms with Crippen molar-refractivity contribution in [1.29, 1.82) is 0 Å². The van der Waals surface area contributed by atoms with Crippen LogP contribution in [-0.2, 0) is 0 Å². The van der Waals surface area contributed by atoms with E-state index in [4.69, 9.17) is 0 Å². The summed E-state index contributed by atoms with van der Waals surface area (Å²) in [5.74, 6) is -0.232. The summed E-state index contributed by atoms with van der Waals surface area (Å²) < 4.78 is 26.4. The van der Waals surface area contributed by atoms with Crippen molar-refractivity contribution in [2.24, 2.45) is 0 Å². The lowest BCUT2D eigenvalue weighted by atomic mass is 10.3. The van der Waals surface area contributed by atoms with E-state index >= 15 is 0 Å². The second kappa shape index (κ2) is 5.39. The Bertz CT molecular complexity index is 545. The summed E-state index contributed by atoms with van der Waals surface area (Å²) in [6, 6.07) is 4.77. The summed E-state index contributed by atoms with van der Waals surface area (Å²) in [6.07, 6.45) is 1.53. The largest absolute Gasteiger partial charge is 0.354 e. The van der Waals surface area contributed by atoms with E-state index in [0.717, 1.165) is 18.2 Å². The van der Waals surface area contributed by atoms with Crippen LogP contribution < -0.4 is 10.6 Å². The van der Waals surface area contributed by atoms with Crippen molar-refractivity contribution in [3.8, 4) is 0 Å². The monoisotopic (exact) mass is 250 g/mol. The van der Waals surface area contributed by atoms with Crippen LogP contribution in [0.25, 0.3) is 0 Å². The fraction of sp³-hybridized carbons (Fsp3) is 0.167. The number of nitrogens with zero attached hydrogens (tertiary/aromatic N) is 2. The fourth-order valence-corrected chi connectivity index (χ4v) is 1.40. The summed E-state index contributed by atoms with van der Waals surface area (Å²) in [4.78, 5) is 8.09. The molecule has 0 saturated heterocycles. The number of aromatic nitrogens is 2. The normalized spacial score (nSPS) is 10.2. The van der Waals surface area contributed by atoms with Crippen molar-refractivity contribution in [3.05, 3.63) is 42.1 Å². The van der Waals surface area contributed by atoms with Gasteiger partial charge in [-0.25, -0.2) is 13.8 Å². The van der Waals surface area contributed by atoms with Gasteiger partial charge in [-0.05, 0) is 25.1 Å². The molecule has 0 radical (unpaired) electrons. The summed E-state index contributed by atoms with van der Waals surface area (Å²) in [6.45, 7) is 2.59. The van der Waals surface area contributed by atoms with Crippen molar-refractivity contribution in [1.82, 2.24) is 9.97 Å². The molecule has 0 bridgehead atoms. The van der Waals surface area contributed by atoms with Crippen LogP contribution in [0.1, 0.15) is 6.92 Å². The minimum atomic E-state index is -0.542. The molecule has 1 heterocycles. The van der Waals surface area contributed by atoms with Gasteiger partial charge in [-0.2, -0.15) is 4.98 Å². The van der Waals surface area contributed by atoms with Crippen LogP contribution in [0.4, 0.5) is 26.2 Å². The van der Waals surface area contributed by atoms with Crippen LogP contribution in [0.5, 0.6) is 0 Å². The zero-order chi connectivity index (χ0) is 13.0. The van der Waals surface area contributed by atoms with Crippen molar-refractivity contribution in [3.63, 3.8) is 0 Å². The molecule has 4 nitrogen and oxygen atoms in total. The molecule has 1 aromatic heterocycles. The van der Waals surface area contributed by atoms with Gasteiger partial charge in [0.2, 0.25) is 5.95 Å². The van der Waals surface area contributed by atoms with Gasteiger partial charge in [-0.1, -0.05) is 0 Å². The standard InChI is InChI=1S/C12H12F2N4/c1-2-15-12-16-6-5-11(18-12)17-10-7-8(13)3-4-9(10)14/h3-7H,2H2,1H3,(H2,15,16,17,18). The summed E-state index contributed by atoms with van der Waals surface area (Å²) in [5, 5.41) is 5.64. The maximum Gasteiger partial charge on any atom is 0.224 e. The molecule has 0 atom stereocenters. The lowest BCUT2D eigenvalue weighted by Gasteiger charge is -2.08. The van der Waals surface area contributed by atoms with Gasteiger partial charge in [0.1, 0.15) is 17.5 Å². The first kappa shape index (κ1) is 12.2. The summed E-state index contributed by atoms with van der Waals surface area (Å²) in [7, 11) is 0. The van der Waals surface area contributed by atoms with Gasteiger partial charge in [0.15, 0.2) is 0 Å². The molecule has 6 heteroatoms. The fourth-order valence-electron chi connectivity index (χ4n) is 1.40. The van der Waals surface area contributed by atoms with Crippen molar-refractivity contribution >= 4 is 17.5 Å². The molecule has 0 amide bonds. The first-order chi connectivity index (χ1) is 8.69. The second-order valence-corrected chi connectivity index (χ2v) is 3.54. The highest BCUT2D eigenvalue weighted by Gasteiger charge is 2.05. The number of benzene rings is 1. The van der Waals surface area contributed by atoms with Gasteiger partial charge in [0.25, 0.3) is 0 Å². The number of hydrogen-bond acceptors (Lipinski definition) is 4. The topological polar surface area (TPSA) is 49.8 Å². The molecular formula is C12H12F2N4. The molecule has 0 aliphatic rings. The quantitative estimate of drug-likeness (QED) is 0.876. The maximum absolute atomic E-state index is 13.4. The molecule has 94 valence electrons. The molecule has 0 spiro atoms. The Morgan fingerprint density at radius 2 is 2.06 bits per heavy atom. The van der Waals surface area contributed by atoms with E-state index in [-0.39, 0.29) is 5.69 Å². The third kappa shape index (κ3) is 2.91. The van der Waals surface area contributed by atoms with Gasteiger partial charge in [-0.3, -0.25) is 0 Å². The van der Waals surface area contributed by atoms with E-state index in [0.29, 0.717) is 18.3 Å². The van der Waals surface area contributed by atoms with E-state index in [1.807, 2.05) is 6.92 Å². The Morgan fingerprint density at radius 3 is 2.83 bits per heavy atom. The zero-order valence-corrected chi connectivity index (χ0v) is 9.74. The Balaban J connectivity index is 2.22. The number of anilines is 3. The van der Waals surface area contributed by atoms with Crippen molar-refractivity contribution in [2.45, 2.75) is 6.92 Å². The minimum Gasteiger partial charge on any atom is -0.354 e. The average molecular weight is 250 g/mol. The van der Waals surface area contributed by atoms with Crippen LogP contribution in [0, 0.1) is 11.6 Å². The molecule has 1 aromatic carbocycles. The Morgan fingerprint density at radius 1 is 1.22 bits per heavy atom. The predicted molar refractivity (Wildman–Crippen MR) is 65.8 cm³/mol. The highest BCUT2D eigenvalue weighted by atomic mass is 19.1. The average Bonchev–Trinajstić information content (AvgIpc) is 2.35. The highest BCUT2D eigenvalue weighted by Crippen LogP contribution is 2.19. The van der Waals surface area contributed by atoms with Crippen LogP contribution >= 0.6 is 0 Å². The molecule has 0 aliphatic carbocycles.